The highest BCUT2D eigenvalue weighted by Crippen LogP contribution is 2.21. The Morgan fingerprint density at radius 1 is 0.897 bits per heavy atom. The van der Waals surface area contributed by atoms with Crippen molar-refractivity contribution >= 4 is 8.80 Å². The average Bonchev–Trinajstić information content (AvgIpc) is 3.22. The molecule has 170 valence electrons. The van der Waals surface area contributed by atoms with Crippen molar-refractivity contribution in [1.82, 2.24) is 9.55 Å². The van der Waals surface area contributed by atoms with Gasteiger partial charge in [-0.25, -0.2) is 4.98 Å². The van der Waals surface area contributed by atoms with E-state index in [2.05, 4.69) is 25.8 Å². The van der Waals surface area contributed by atoms with Crippen LogP contribution in [0.2, 0.25) is 6.04 Å². The molecule has 1 N–H and O–H groups in total. The Kier molecular flexibility index (Phi) is 15.4. The van der Waals surface area contributed by atoms with E-state index in [1.165, 1.54) is 0 Å². The minimum Gasteiger partial charge on any atom is -0.391 e. The second kappa shape index (κ2) is 17.0. The predicted octanol–water partition coefficient (Wildman–Crippen LogP) is 4.04. The average molecular weight is 431 g/mol. The molecule has 0 amide bonds. The normalized spacial score (nSPS) is 13.1. The first-order valence-corrected chi connectivity index (χ1v) is 13.2. The Hall–Kier alpha value is -0.773. The van der Waals surface area contributed by atoms with Crippen molar-refractivity contribution < 1.29 is 23.1 Å². The van der Waals surface area contributed by atoms with Gasteiger partial charge in [0.05, 0.1) is 19.0 Å². The van der Waals surface area contributed by atoms with Crippen molar-refractivity contribution in [3.63, 3.8) is 0 Å². The van der Waals surface area contributed by atoms with Crippen LogP contribution in [0.3, 0.4) is 0 Å². The summed E-state index contributed by atoms with van der Waals surface area (Å²) in [6.45, 7) is 9.95. The van der Waals surface area contributed by atoms with Gasteiger partial charge in [-0.3, -0.25) is 0 Å². The summed E-state index contributed by atoms with van der Waals surface area (Å²) >= 11 is 0. The first-order chi connectivity index (χ1) is 14.2. The number of rotatable bonds is 20. The van der Waals surface area contributed by atoms with Crippen LogP contribution in [0.4, 0.5) is 0 Å². The van der Waals surface area contributed by atoms with E-state index in [0.717, 1.165) is 51.5 Å². The molecule has 1 unspecified atom stereocenters. The zero-order valence-corrected chi connectivity index (χ0v) is 19.7. The Morgan fingerprint density at radius 2 is 1.48 bits per heavy atom. The maximum atomic E-state index is 10.6. The second-order valence-electron chi connectivity index (χ2n) is 7.38. The van der Waals surface area contributed by atoms with Gasteiger partial charge in [0.1, 0.15) is 0 Å². The molecule has 0 aliphatic rings. The molecule has 0 radical (unpaired) electrons. The fraction of sp³-hybridized carbons (Fsp3) is 0.857. The van der Waals surface area contributed by atoms with Crippen molar-refractivity contribution in [1.29, 1.82) is 0 Å². The number of ether oxygens (including phenoxy) is 1. The lowest BCUT2D eigenvalue weighted by Gasteiger charge is -2.31. The summed E-state index contributed by atoms with van der Waals surface area (Å²) in [5.41, 5.74) is 0. The van der Waals surface area contributed by atoms with Crippen LogP contribution in [0.25, 0.3) is 0 Å². The quantitative estimate of drug-likeness (QED) is 0.249. The summed E-state index contributed by atoms with van der Waals surface area (Å²) < 4.78 is 26.2. The van der Waals surface area contributed by atoms with Crippen LogP contribution in [0.1, 0.15) is 65.7 Å². The van der Waals surface area contributed by atoms with E-state index in [4.69, 9.17) is 18.0 Å². The Balaban J connectivity index is 2.50. The third-order valence-electron chi connectivity index (χ3n) is 4.52. The maximum absolute atomic E-state index is 10.6. The number of aryl methyl sites for hydroxylation is 1. The van der Waals surface area contributed by atoms with Crippen LogP contribution in [-0.4, -0.2) is 62.6 Å². The van der Waals surface area contributed by atoms with Crippen molar-refractivity contribution in [2.24, 2.45) is 0 Å². The van der Waals surface area contributed by atoms with Gasteiger partial charge in [-0.15, -0.1) is 0 Å². The lowest BCUT2D eigenvalue weighted by molar-refractivity contribution is 0.0133. The molecular formula is C21H42N2O5Si. The lowest BCUT2D eigenvalue weighted by atomic mass is 10.4. The van der Waals surface area contributed by atoms with Crippen molar-refractivity contribution in [2.45, 2.75) is 84.4 Å². The summed E-state index contributed by atoms with van der Waals surface area (Å²) in [5, 5.41) is 10.6. The van der Waals surface area contributed by atoms with Gasteiger partial charge in [0, 0.05) is 51.4 Å². The van der Waals surface area contributed by atoms with Crippen molar-refractivity contribution in [3.8, 4) is 0 Å². The zero-order chi connectivity index (χ0) is 21.2. The van der Waals surface area contributed by atoms with Crippen LogP contribution in [0, 0.1) is 0 Å². The highest BCUT2D eigenvalue weighted by atomic mass is 28.4. The Morgan fingerprint density at radius 3 is 1.97 bits per heavy atom. The number of hydrogen-bond donors (Lipinski definition) is 1. The molecule has 1 aromatic heterocycles. The second-order valence-corrected chi connectivity index (χ2v) is 10.0. The third-order valence-corrected chi connectivity index (χ3v) is 7.42. The molecule has 1 atom stereocenters. The molecular weight excluding hydrogens is 388 g/mol. The third kappa shape index (κ3) is 12.5. The minimum absolute atomic E-state index is 0.268. The van der Waals surface area contributed by atoms with Crippen molar-refractivity contribution in [3.05, 3.63) is 18.7 Å². The van der Waals surface area contributed by atoms with Gasteiger partial charge in [-0.1, -0.05) is 40.0 Å². The van der Waals surface area contributed by atoms with Crippen molar-refractivity contribution in [2.75, 3.05) is 33.0 Å². The van der Waals surface area contributed by atoms with E-state index < -0.39 is 14.9 Å². The van der Waals surface area contributed by atoms with E-state index in [1.54, 1.807) is 12.5 Å². The monoisotopic (exact) mass is 430 g/mol. The van der Waals surface area contributed by atoms with E-state index in [0.29, 0.717) is 32.5 Å². The van der Waals surface area contributed by atoms with Crippen LogP contribution in [0.15, 0.2) is 18.7 Å². The number of aliphatic hydroxyl groups is 1. The molecule has 0 bridgehead atoms. The number of hydrogen-bond acceptors (Lipinski definition) is 6. The summed E-state index contributed by atoms with van der Waals surface area (Å²) in [7, 11) is -2.92. The van der Waals surface area contributed by atoms with Crippen LogP contribution < -0.4 is 0 Å². The number of unbranched alkanes of at least 4 members (excludes halogenated alkanes) is 3. The summed E-state index contributed by atoms with van der Waals surface area (Å²) in [4.78, 5) is 4.03. The molecule has 0 saturated carbocycles. The van der Waals surface area contributed by atoms with Crippen LogP contribution in [-0.2, 0) is 24.6 Å². The van der Waals surface area contributed by atoms with Gasteiger partial charge in [0.15, 0.2) is 0 Å². The van der Waals surface area contributed by atoms with Gasteiger partial charge < -0.3 is 27.7 Å². The standard InChI is InChI=1S/C21H42N2O5Si/c1-4-7-15-26-29(27-16-8-5-2,28-17-9-6-3)19-21(24)18-25-14-10-12-23-13-11-22-20-23/h11,13,20-21,24H,4-10,12,14-19H2,1-3H3. The minimum atomic E-state index is -2.92. The molecule has 0 aliphatic carbocycles. The maximum Gasteiger partial charge on any atom is 0.503 e. The summed E-state index contributed by atoms with van der Waals surface area (Å²) in [6.07, 6.45) is 11.8. The molecule has 0 fully saturated rings. The molecule has 0 saturated heterocycles. The van der Waals surface area contributed by atoms with Gasteiger partial charge >= 0.3 is 8.80 Å². The molecule has 8 heteroatoms. The predicted molar refractivity (Wildman–Crippen MR) is 117 cm³/mol. The molecule has 1 heterocycles. The molecule has 1 rings (SSSR count). The summed E-state index contributed by atoms with van der Waals surface area (Å²) in [6, 6.07) is 0.381. The van der Waals surface area contributed by atoms with Crippen LogP contribution in [0.5, 0.6) is 0 Å². The number of aromatic nitrogens is 2. The molecule has 7 nitrogen and oxygen atoms in total. The first kappa shape index (κ1) is 26.3. The SMILES string of the molecule is CCCCO[Si](CC(O)COCCCn1ccnc1)(OCCCC)OCCCC. The highest BCUT2D eigenvalue weighted by molar-refractivity contribution is 6.60. The van der Waals surface area contributed by atoms with E-state index in [9.17, 15) is 5.11 Å². The largest absolute Gasteiger partial charge is 0.503 e. The van der Waals surface area contributed by atoms with E-state index in [1.807, 2.05) is 10.8 Å². The lowest BCUT2D eigenvalue weighted by Crippen LogP contribution is -2.49. The number of imidazole rings is 1. The molecule has 29 heavy (non-hydrogen) atoms. The number of aliphatic hydroxyl groups excluding tert-OH is 1. The van der Waals surface area contributed by atoms with E-state index in [-0.39, 0.29) is 6.61 Å². The molecule has 0 spiro atoms. The van der Waals surface area contributed by atoms with Gasteiger partial charge in [0.25, 0.3) is 0 Å². The topological polar surface area (TPSA) is 75.0 Å². The molecule has 1 aromatic rings. The van der Waals surface area contributed by atoms with Crippen LogP contribution >= 0.6 is 0 Å². The molecule has 0 aliphatic heterocycles. The smallest absolute Gasteiger partial charge is 0.391 e. The van der Waals surface area contributed by atoms with Gasteiger partial charge in [-0.05, 0) is 25.7 Å². The highest BCUT2D eigenvalue weighted by Gasteiger charge is 2.43. The number of nitrogens with zero attached hydrogens (tertiary/aromatic N) is 2. The molecule has 0 aromatic carbocycles. The van der Waals surface area contributed by atoms with E-state index >= 15 is 0 Å². The van der Waals surface area contributed by atoms with Gasteiger partial charge in [0.2, 0.25) is 0 Å². The Labute approximate surface area is 178 Å². The summed E-state index contributed by atoms with van der Waals surface area (Å²) in [5.74, 6) is 0. The zero-order valence-electron chi connectivity index (χ0n) is 18.7. The fourth-order valence-electron chi connectivity index (χ4n) is 2.75. The fourth-order valence-corrected chi connectivity index (χ4v) is 5.42. The van der Waals surface area contributed by atoms with Gasteiger partial charge in [-0.2, -0.15) is 0 Å². The Bertz CT molecular complexity index is 449. The first-order valence-electron chi connectivity index (χ1n) is 11.3.